The number of hydrogen-bond donors (Lipinski definition) is 0. The van der Waals surface area contributed by atoms with Crippen LogP contribution in [-0.4, -0.2) is 26.3 Å². The molecule has 10 heavy (non-hydrogen) atoms. The highest BCUT2D eigenvalue weighted by molar-refractivity contribution is 4.94. The van der Waals surface area contributed by atoms with Crippen LogP contribution in [0.1, 0.15) is 6.92 Å². The van der Waals surface area contributed by atoms with Crippen molar-refractivity contribution in [1.29, 1.82) is 0 Å². The molecule has 0 fully saturated rings. The Morgan fingerprint density at radius 1 is 1.40 bits per heavy atom. The zero-order valence-electron chi connectivity index (χ0n) is 6.24. The summed E-state index contributed by atoms with van der Waals surface area (Å²) in [5.41, 5.74) is 0. The van der Waals surface area contributed by atoms with Crippen LogP contribution < -0.4 is 0 Å². The molecule has 0 aromatic heterocycles. The topological polar surface area (TPSA) is 27.7 Å². The Hall–Kier alpha value is -0.380. The smallest absolute Gasteiger partial charge is 0.180 e. The summed E-state index contributed by atoms with van der Waals surface area (Å²) in [6.07, 6.45) is 3.24. The molecule has 3 heteroatoms. The minimum atomic E-state index is -0.225. The second-order valence-electron chi connectivity index (χ2n) is 1.95. The molecular weight excluding hydrogens is 132 g/mol. The average molecular weight is 144 g/mol. The molecule has 0 N–H and O–H groups in total. The SMILES string of the molecule is CCOC1C=CC(OC)O1. The van der Waals surface area contributed by atoms with E-state index in [-0.39, 0.29) is 12.6 Å². The molecule has 3 nitrogen and oxygen atoms in total. The number of rotatable bonds is 3. The first-order valence-corrected chi connectivity index (χ1v) is 3.35. The molecular formula is C7H12O3. The van der Waals surface area contributed by atoms with E-state index in [0.717, 1.165) is 0 Å². The summed E-state index contributed by atoms with van der Waals surface area (Å²) < 4.78 is 15.2. The van der Waals surface area contributed by atoms with Crippen LogP contribution in [0.4, 0.5) is 0 Å². The van der Waals surface area contributed by atoms with Gasteiger partial charge in [0.05, 0.1) is 0 Å². The fraction of sp³-hybridized carbons (Fsp3) is 0.714. The highest BCUT2D eigenvalue weighted by Gasteiger charge is 2.17. The van der Waals surface area contributed by atoms with Crippen LogP contribution in [0.25, 0.3) is 0 Å². The van der Waals surface area contributed by atoms with E-state index in [1.165, 1.54) is 0 Å². The molecule has 2 unspecified atom stereocenters. The molecule has 0 saturated carbocycles. The van der Waals surface area contributed by atoms with Crippen molar-refractivity contribution in [1.82, 2.24) is 0 Å². The molecule has 0 saturated heterocycles. The molecule has 0 bridgehead atoms. The summed E-state index contributed by atoms with van der Waals surface area (Å²) in [5, 5.41) is 0. The first-order valence-electron chi connectivity index (χ1n) is 3.35. The lowest BCUT2D eigenvalue weighted by molar-refractivity contribution is -0.182. The summed E-state index contributed by atoms with van der Waals surface area (Å²) in [6, 6.07) is 0. The van der Waals surface area contributed by atoms with E-state index in [1.807, 2.05) is 19.1 Å². The van der Waals surface area contributed by atoms with Gasteiger partial charge in [0.2, 0.25) is 0 Å². The van der Waals surface area contributed by atoms with Crippen molar-refractivity contribution >= 4 is 0 Å². The molecule has 1 aliphatic rings. The lowest BCUT2D eigenvalue weighted by Crippen LogP contribution is -2.16. The predicted octanol–water partition coefficient (Wildman–Crippen LogP) is 0.908. The Morgan fingerprint density at radius 2 is 2.10 bits per heavy atom. The van der Waals surface area contributed by atoms with Crippen molar-refractivity contribution in [3.05, 3.63) is 12.2 Å². The molecule has 0 spiro atoms. The minimum Gasteiger partial charge on any atom is -0.352 e. The summed E-state index contributed by atoms with van der Waals surface area (Å²) in [5.74, 6) is 0. The van der Waals surface area contributed by atoms with Crippen molar-refractivity contribution in [2.45, 2.75) is 19.5 Å². The lowest BCUT2D eigenvalue weighted by Gasteiger charge is -2.11. The van der Waals surface area contributed by atoms with Crippen molar-refractivity contribution < 1.29 is 14.2 Å². The standard InChI is InChI=1S/C7H12O3/c1-3-9-7-5-4-6(8-2)10-7/h4-7H,3H2,1-2H3. The van der Waals surface area contributed by atoms with E-state index in [9.17, 15) is 0 Å². The quantitative estimate of drug-likeness (QED) is 0.551. The van der Waals surface area contributed by atoms with Crippen LogP contribution in [0.15, 0.2) is 12.2 Å². The maximum Gasteiger partial charge on any atom is 0.180 e. The van der Waals surface area contributed by atoms with Crippen LogP contribution in [0.2, 0.25) is 0 Å². The van der Waals surface area contributed by atoms with Crippen LogP contribution in [-0.2, 0) is 14.2 Å². The van der Waals surface area contributed by atoms with Gasteiger partial charge in [0.15, 0.2) is 12.6 Å². The summed E-state index contributed by atoms with van der Waals surface area (Å²) in [7, 11) is 1.60. The summed E-state index contributed by atoms with van der Waals surface area (Å²) >= 11 is 0. The zero-order valence-corrected chi connectivity index (χ0v) is 6.24. The molecule has 1 heterocycles. The van der Waals surface area contributed by atoms with E-state index in [1.54, 1.807) is 7.11 Å². The number of hydrogen-bond acceptors (Lipinski definition) is 3. The number of ether oxygens (including phenoxy) is 3. The van der Waals surface area contributed by atoms with Crippen molar-refractivity contribution in [3.8, 4) is 0 Å². The van der Waals surface area contributed by atoms with Crippen molar-refractivity contribution in [3.63, 3.8) is 0 Å². The van der Waals surface area contributed by atoms with Gasteiger partial charge in [-0.2, -0.15) is 0 Å². The van der Waals surface area contributed by atoms with E-state index in [2.05, 4.69) is 0 Å². The van der Waals surface area contributed by atoms with Crippen LogP contribution in [0, 0.1) is 0 Å². The van der Waals surface area contributed by atoms with Gasteiger partial charge in [-0.15, -0.1) is 0 Å². The van der Waals surface area contributed by atoms with Gasteiger partial charge in [0.1, 0.15) is 0 Å². The first-order chi connectivity index (χ1) is 4.86. The first kappa shape index (κ1) is 7.72. The second-order valence-corrected chi connectivity index (χ2v) is 1.95. The highest BCUT2D eigenvalue weighted by atomic mass is 16.8. The molecule has 0 radical (unpaired) electrons. The Kier molecular flexibility index (Phi) is 2.86. The molecule has 1 aliphatic heterocycles. The molecule has 1 rings (SSSR count). The van der Waals surface area contributed by atoms with Crippen LogP contribution in [0.5, 0.6) is 0 Å². The Labute approximate surface area is 60.6 Å². The second kappa shape index (κ2) is 3.71. The fourth-order valence-corrected chi connectivity index (χ4v) is 0.798. The highest BCUT2D eigenvalue weighted by Crippen LogP contribution is 2.11. The molecule has 0 aromatic rings. The number of methoxy groups -OCH3 is 1. The van der Waals surface area contributed by atoms with Crippen LogP contribution >= 0.6 is 0 Å². The monoisotopic (exact) mass is 144 g/mol. The van der Waals surface area contributed by atoms with E-state index in [4.69, 9.17) is 14.2 Å². The van der Waals surface area contributed by atoms with Gasteiger partial charge >= 0.3 is 0 Å². The Balaban J connectivity index is 2.24. The average Bonchev–Trinajstić information content (AvgIpc) is 2.37. The van der Waals surface area contributed by atoms with Gasteiger partial charge < -0.3 is 14.2 Å². The summed E-state index contributed by atoms with van der Waals surface area (Å²) in [6.45, 7) is 2.59. The molecule has 58 valence electrons. The zero-order chi connectivity index (χ0) is 7.40. The van der Waals surface area contributed by atoms with E-state index >= 15 is 0 Å². The maximum atomic E-state index is 5.20. The summed E-state index contributed by atoms with van der Waals surface area (Å²) in [4.78, 5) is 0. The third-order valence-corrected chi connectivity index (χ3v) is 1.26. The van der Waals surface area contributed by atoms with E-state index < -0.39 is 0 Å². The van der Waals surface area contributed by atoms with Gasteiger partial charge in [-0.25, -0.2) is 0 Å². The largest absolute Gasteiger partial charge is 0.352 e. The lowest BCUT2D eigenvalue weighted by atomic mass is 10.5. The third kappa shape index (κ3) is 1.80. The van der Waals surface area contributed by atoms with Crippen molar-refractivity contribution in [2.24, 2.45) is 0 Å². The molecule has 0 amide bonds. The molecule has 0 aromatic carbocycles. The van der Waals surface area contributed by atoms with Gasteiger partial charge in [-0.3, -0.25) is 0 Å². The molecule has 0 aliphatic carbocycles. The predicted molar refractivity (Wildman–Crippen MR) is 36.4 cm³/mol. The normalized spacial score (nSPS) is 31.4. The Morgan fingerprint density at radius 3 is 2.60 bits per heavy atom. The molecule has 2 atom stereocenters. The maximum absolute atomic E-state index is 5.20. The van der Waals surface area contributed by atoms with Gasteiger partial charge in [0, 0.05) is 13.7 Å². The third-order valence-electron chi connectivity index (χ3n) is 1.26. The van der Waals surface area contributed by atoms with Gasteiger partial charge in [-0.05, 0) is 19.1 Å². The van der Waals surface area contributed by atoms with Gasteiger partial charge in [0.25, 0.3) is 0 Å². The van der Waals surface area contributed by atoms with Crippen molar-refractivity contribution in [2.75, 3.05) is 13.7 Å². The van der Waals surface area contributed by atoms with Crippen LogP contribution in [0.3, 0.4) is 0 Å². The minimum absolute atomic E-state index is 0.213. The van der Waals surface area contributed by atoms with Gasteiger partial charge in [-0.1, -0.05) is 0 Å². The van der Waals surface area contributed by atoms with E-state index in [0.29, 0.717) is 6.61 Å². The fourth-order valence-electron chi connectivity index (χ4n) is 0.798. The Bertz CT molecular complexity index is 122.